The molecule has 4 rings (SSSR count). The van der Waals surface area contributed by atoms with Gasteiger partial charge in [0.2, 0.25) is 5.91 Å². The molecule has 1 saturated heterocycles. The van der Waals surface area contributed by atoms with E-state index in [9.17, 15) is 9.59 Å². The fourth-order valence-corrected chi connectivity index (χ4v) is 3.93. The highest BCUT2D eigenvalue weighted by molar-refractivity contribution is 6.36. The van der Waals surface area contributed by atoms with E-state index in [2.05, 4.69) is 15.6 Å². The van der Waals surface area contributed by atoms with Gasteiger partial charge in [0, 0.05) is 11.6 Å². The van der Waals surface area contributed by atoms with Gasteiger partial charge in [0.1, 0.15) is 6.04 Å². The Morgan fingerprint density at radius 2 is 1.87 bits per heavy atom. The molecule has 1 N–H and O–H groups in total. The summed E-state index contributed by atoms with van der Waals surface area (Å²) >= 11 is 12.1. The Morgan fingerprint density at radius 1 is 1.07 bits per heavy atom. The Labute approximate surface area is 183 Å². The minimum Gasteiger partial charge on any atom is -0.325 e. The topological polar surface area (TPSA) is 80.1 Å². The van der Waals surface area contributed by atoms with Gasteiger partial charge in [0.25, 0.3) is 5.91 Å². The number of nitrogens with zero attached hydrogens (tertiary/aromatic N) is 4. The molecule has 1 aliphatic heterocycles. The second kappa shape index (κ2) is 8.85. The van der Waals surface area contributed by atoms with Crippen LogP contribution in [0.15, 0.2) is 54.7 Å². The third kappa shape index (κ3) is 4.32. The number of halogens is 2. The van der Waals surface area contributed by atoms with Crippen LogP contribution in [0.3, 0.4) is 0 Å². The Bertz CT molecular complexity index is 1070. The molecule has 0 aliphatic carbocycles. The van der Waals surface area contributed by atoms with Crippen molar-refractivity contribution >= 4 is 40.7 Å². The van der Waals surface area contributed by atoms with Gasteiger partial charge in [-0.2, -0.15) is 0 Å². The molecule has 9 heteroatoms. The number of amides is 2. The van der Waals surface area contributed by atoms with Crippen molar-refractivity contribution in [1.29, 1.82) is 0 Å². The summed E-state index contributed by atoms with van der Waals surface area (Å²) in [6, 6.07) is 13.6. The molecule has 154 valence electrons. The lowest BCUT2D eigenvalue weighted by Gasteiger charge is -2.34. The average Bonchev–Trinajstić information content (AvgIpc) is 3.26. The molecule has 0 saturated carbocycles. The molecule has 7 nitrogen and oxygen atoms in total. The van der Waals surface area contributed by atoms with Crippen molar-refractivity contribution in [1.82, 2.24) is 19.9 Å². The third-order valence-electron chi connectivity index (χ3n) is 4.99. The minimum absolute atomic E-state index is 0.197. The van der Waals surface area contributed by atoms with Gasteiger partial charge in [-0.25, -0.2) is 4.68 Å². The van der Waals surface area contributed by atoms with Crippen LogP contribution in [-0.2, 0) is 4.79 Å². The summed E-state index contributed by atoms with van der Waals surface area (Å²) in [5.41, 5.74) is 1.46. The van der Waals surface area contributed by atoms with Crippen LogP contribution in [0.5, 0.6) is 0 Å². The van der Waals surface area contributed by atoms with Crippen molar-refractivity contribution in [2.45, 2.75) is 25.3 Å². The Hall–Kier alpha value is -2.90. The van der Waals surface area contributed by atoms with Gasteiger partial charge < -0.3 is 10.2 Å². The van der Waals surface area contributed by atoms with Crippen molar-refractivity contribution in [3.05, 3.63) is 70.5 Å². The molecule has 2 aromatic carbocycles. The van der Waals surface area contributed by atoms with Crippen LogP contribution in [-0.4, -0.2) is 44.3 Å². The summed E-state index contributed by atoms with van der Waals surface area (Å²) < 4.78 is 1.54. The number of hydrogen-bond donors (Lipinski definition) is 1. The number of nitrogens with one attached hydrogen (secondary N) is 1. The first-order chi connectivity index (χ1) is 14.5. The first kappa shape index (κ1) is 20.4. The fourth-order valence-electron chi connectivity index (χ4n) is 3.47. The summed E-state index contributed by atoms with van der Waals surface area (Å²) in [7, 11) is 0. The number of likely N-dealkylation sites (tertiary alicyclic amines) is 1. The Morgan fingerprint density at radius 3 is 2.63 bits per heavy atom. The second-order valence-electron chi connectivity index (χ2n) is 7.01. The van der Waals surface area contributed by atoms with Crippen LogP contribution in [0.25, 0.3) is 5.69 Å². The monoisotopic (exact) mass is 443 g/mol. The zero-order valence-electron chi connectivity index (χ0n) is 16.0. The van der Waals surface area contributed by atoms with E-state index < -0.39 is 6.04 Å². The van der Waals surface area contributed by atoms with Crippen LogP contribution >= 0.6 is 23.2 Å². The first-order valence-corrected chi connectivity index (χ1v) is 10.3. The number of carbonyl (C=O) groups is 2. The lowest BCUT2D eigenvalue weighted by atomic mass is 10.0. The standard InChI is InChI=1S/C21H19Cl2N5O2/c22-14-9-10-17(16(23)12-14)24-20(29)19-8-4-5-11-27(19)21(30)18-13-28(26-25-18)15-6-2-1-3-7-15/h1-3,6-7,9-10,12-13,19H,4-5,8,11H2,(H,24,29). The maximum Gasteiger partial charge on any atom is 0.276 e. The molecule has 1 aromatic heterocycles. The first-order valence-electron chi connectivity index (χ1n) is 9.57. The lowest BCUT2D eigenvalue weighted by Crippen LogP contribution is -2.50. The van der Waals surface area contributed by atoms with Gasteiger partial charge in [-0.1, -0.05) is 46.6 Å². The molecule has 30 heavy (non-hydrogen) atoms. The van der Waals surface area contributed by atoms with Gasteiger partial charge in [-0.15, -0.1) is 5.10 Å². The largest absolute Gasteiger partial charge is 0.325 e. The molecule has 2 heterocycles. The minimum atomic E-state index is -0.611. The van der Waals surface area contributed by atoms with E-state index in [1.807, 2.05) is 30.3 Å². The second-order valence-corrected chi connectivity index (χ2v) is 7.85. The van der Waals surface area contributed by atoms with E-state index in [4.69, 9.17) is 23.2 Å². The molecular weight excluding hydrogens is 425 g/mol. The number of aromatic nitrogens is 3. The molecule has 0 radical (unpaired) electrons. The number of hydrogen-bond acceptors (Lipinski definition) is 4. The van der Waals surface area contributed by atoms with Gasteiger partial charge in [0.05, 0.1) is 22.6 Å². The van der Waals surface area contributed by atoms with E-state index in [0.29, 0.717) is 28.7 Å². The number of para-hydroxylation sites is 1. The van der Waals surface area contributed by atoms with Crippen molar-refractivity contribution in [2.24, 2.45) is 0 Å². The third-order valence-corrected chi connectivity index (χ3v) is 5.54. The number of piperidine rings is 1. The predicted molar refractivity (Wildman–Crippen MR) is 115 cm³/mol. The van der Waals surface area contributed by atoms with E-state index >= 15 is 0 Å². The maximum absolute atomic E-state index is 13.1. The average molecular weight is 444 g/mol. The van der Waals surface area contributed by atoms with Crippen LogP contribution in [0.2, 0.25) is 10.0 Å². The van der Waals surface area contributed by atoms with E-state index in [0.717, 1.165) is 18.5 Å². The van der Waals surface area contributed by atoms with Crippen LogP contribution in [0, 0.1) is 0 Å². The molecule has 0 bridgehead atoms. The molecular formula is C21H19Cl2N5O2. The van der Waals surface area contributed by atoms with E-state index in [1.165, 1.54) is 0 Å². The molecule has 1 atom stereocenters. The van der Waals surface area contributed by atoms with Gasteiger partial charge in [-0.05, 0) is 49.6 Å². The molecule has 1 aliphatic rings. The molecule has 1 fully saturated rings. The van der Waals surface area contributed by atoms with Crippen molar-refractivity contribution in [3.8, 4) is 5.69 Å². The number of carbonyl (C=O) groups excluding carboxylic acids is 2. The maximum atomic E-state index is 13.1. The molecule has 0 spiro atoms. The Balaban J connectivity index is 1.52. The van der Waals surface area contributed by atoms with Gasteiger partial charge in [-0.3, -0.25) is 9.59 Å². The van der Waals surface area contributed by atoms with Crippen molar-refractivity contribution < 1.29 is 9.59 Å². The summed E-state index contributed by atoms with van der Waals surface area (Å²) in [6.45, 7) is 0.476. The predicted octanol–water partition coefficient (Wildman–Crippen LogP) is 4.21. The van der Waals surface area contributed by atoms with Crippen molar-refractivity contribution in [3.63, 3.8) is 0 Å². The number of rotatable bonds is 4. The summed E-state index contributed by atoms with van der Waals surface area (Å²) in [5, 5.41) is 11.7. The van der Waals surface area contributed by atoms with E-state index in [-0.39, 0.29) is 17.5 Å². The summed E-state index contributed by atoms with van der Waals surface area (Å²) in [4.78, 5) is 27.6. The quantitative estimate of drug-likeness (QED) is 0.654. The zero-order valence-corrected chi connectivity index (χ0v) is 17.5. The van der Waals surface area contributed by atoms with Crippen LogP contribution in [0.1, 0.15) is 29.8 Å². The number of anilines is 1. The van der Waals surface area contributed by atoms with Crippen LogP contribution in [0.4, 0.5) is 5.69 Å². The Kier molecular flexibility index (Phi) is 6.01. The number of benzene rings is 2. The van der Waals surface area contributed by atoms with Crippen LogP contribution < -0.4 is 5.32 Å². The van der Waals surface area contributed by atoms with Crippen molar-refractivity contribution in [2.75, 3.05) is 11.9 Å². The zero-order chi connectivity index (χ0) is 21.1. The molecule has 3 aromatic rings. The highest BCUT2D eigenvalue weighted by Crippen LogP contribution is 2.27. The van der Waals surface area contributed by atoms with Gasteiger partial charge >= 0.3 is 0 Å². The normalized spacial score (nSPS) is 16.3. The van der Waals surface area contributed by atoms with E-state index in [1.54, 1.807) is 34.0 Å². The fraction of sp³-hybridized carbons (Fsp3) is 0.238. The molecule has 1 unspecified atom stereocenters. The lowest BCUT2D eigenvalue weighted by molar-refractivity contribution is -0.121. The smallest absolute Gasteiger partial charge is 0.276 e. The van der Waals surface area contributed by atoms with Gasteiger partial charge in [0.15, 0.2) is 5.69 Å². The summed E-state index contributed by atoms with van der Waals surface area (Å²) in [5.74, 6) is -0.609. The summed E-state index contributed by atoms with van der Waals surface area (Å²) in [6.07, 6.45) is 3.82. The highest BCUT2D eigenvalue weighted by Gasteiger charge is 2.34. The highest BCUT2D eigenvalue weighted by atomic mass is 35.5. The SMILES string of the molecule is O=C(Nc1ccc(Cl)cc1Cl)C1CCCCN1C(=O)c1cn(-c2ccccc2)nn1. The molecule has 2 amide bonds.